The lowest BCUT2D eigenvalue weighted by Gasteiger charge is -2.21. The van der Waals surface area contributed by atoms with Gasteiger partial charge in [0.2, 0.25) is 5.91 Å². The number of nitro groups is 1. The number of benzene rings is 1. The standard InChI is InChI=1S/C14H19N3O4/c1-2-21-11-5-6-12(13(8-11)17(19)20)16-14(18)10-4-3-7-15-9-10/h5-6,8,10,15H,2-4,7,9H2,1H3,(H,16,18). The number of ether oxygens (including phenoxy) is 1. The minimum Gasteiger partial charge on any atom is -0.494 e. The molecule has 1 fully saturated rings. The molecule has 0 aromatic heterocycles. The van der Waals surface area contributed by atoms with E-state index in [4.69, 9.17) is 4.74 Å². The van der Waals surface area contributed by atoms with Gasteiger partial charge in [-0.25, -0.2) is 0 Å². The van der Waals surface area contributed by atoms with E-state index in [1.165, 1.54) is 12.1 Å². The van der Waals surface area contributed by atoms with Crippen molar-refractivity contribution < 1.29 is 14.5 Å². The molecule has 0 radical (unpaired) electrons. The third-order valence-corrected chi connectivity index (χ3v) is 3.40. The lowest BCUT2D eigenvalue weighted by molar-refractivity contribution is -0.384. The quantitative estimate of drug-likeness (QED) is 0.639. The minimum absolute atomic E-state index is 0.148. The van der Waals surface area contributed by atoms with Crippen LogP contribution >= 0.6 is 0 Å². The number of anilines is 1. The van der Waals surface area contributed by atoms with Crippen LogP contribution in [-0.2, 0) is 4.79 Å². The number of hydrogen-bond acceptors (Lipinski definition) is 5. The smallest absolute Gasteiger partial charge is 0.296 e. The first kappa shape index (κ1) is 15.2. The lowest BCUT2D eigenvalue weighted by atomic mass is 9.99. The van der Waals surface area contributed by atoms with Gasteiger partial charge in [-0.05, 0) is 38.4 Å². The molecule has 7 nitrogen and oxygen atoms in total. The molecule has 1 heterocycles. The fourth-order valence-corrected chi connectivity index (χ4v) is 2.34. The van der Waals surface area contributed by atoms with Crippen molar-refractivity contribution in [1.82, 2.24) is 5.32 Å². The van der Waals surface area contributed by atoms with E-state index in [0.29, 0.717) is 18.9 Å². The molecule has 1 amide bonds. The summed E-state index contributed by atoms with van der Waals surface area (Å²) in [5, 5.41) is 16.9. The summed E-state index contributed by atoms with van der Waals surface area (Å²) >= 11 is 0. The number of carbonyl (C=O) groups is 1. The molecule has 0 aliphatic carbocycles. The van der Waals surface area contributed by atoms with Crippen molar-refractivity contribution in [3.05, 3.63) is 28.3 Å². The highest BCUT2D eigenvalue weighted by Crippen LogP contribution is 2.29. The van der Waals surface area contributed by atoms with Crippen LogP contribution in [0.25, 0.3) is 0 Å². The first-order chi connectivity index (χ1) is 10.1. The number of piperidine rings is 1. The van der Waals surface area contributed by atoms with Gasteiger partial charge >= 0.3 is 0 Å². The molecule has 114 valence electrons. The minimum atomic E-state index is -0.517. The van der Waals surface area contributed by atoms with Crippen LogP contribution in [0.1, 0.15) is 19.8 Å². The fraction of sp³-hybridized carbons (Fsp3) is 0.500. The largest absolute Gasteiger partial charge is 0.494 e. The Morgan fingerprint density at radius 1 is 1.57 bits per heavy atom. The molecule has 21 heavy (non-hydrogen) atoms. The summed E-state index contributed by atoms with van der Waals surface area (Å²) in [6.45, 7) is 3.75. The maximum Gasteiger partial charge on any atom is 0.296 e. The zero-order valence-electron chi connectivity index (χ0n) is 11.9. The molecule has 7 heteroatoms. The third kappa shape index (κ3) is 3.91. The van der Waals surface area contributed by atoms with Crippen molar-refractivity contribution in [1.29, 1.82) is 0 Å². The molecule has 0 saturated carbocycles. The van der Waals surface area contributed by atoms with Gasteiger partial charge in [-0.1, -0.05) is 0 Å². The van der Waals surface area contributed by atoms with Crippen molar-refractivity contribution in [3.63, 3.8) is 0 Å². The molecule has 2 rings (SSSR count). The number of nitrogens with zero attached hydrogens (tertiary/aromatic N) is 1. The first-order valence-corrected chi connectivity index (χ1v) is 7.04. The van der Waals surface area contributed by atoms with Crippen molar-refractivity contribution in [2.75, 3.05) is 25.0 Å². The zero-order chi connectivity index (χ0) is 15.2. The molecular formula is C14H19N3O4. The predicted molar refractivity (Wildman–Crippen MR) is 78.5 cm³/mol. The van der Waals surface area contributed by atoms with Crippen molar-refractivity contribution in [2.24, 2.45) is 5.92 Å². The van der Waals surface area contributed by atoms with Gasteiger partial charge in [0.1, 0.15) is 11.4 Å². The number of amides is 1. The Balaban J connectivity index is 2.14. The number of nitrogens with one attached hydrogen (secondary N) is 2. The van der Waals surface area contributed by atoms with E-state index < -0.39 is 4.92 Å². The van der Waals surface area contributed by atoms with Gasteiger partial charge in [-0.15, -0.1) is 0 Å². The van der Waals surface area contributed by atoms with Crippen LogP contribution in [-0.4, -0.2) is 30.5 Å². The Morgan fingerprint density at radius 2 is 2.38 bits per heavy atom. The molecule has 1 saturated heterocycles. The highest BCUT2D eigenvalue weighted by Gasteiger charge is 2.24. The van der Waals surface area contributed by atoms with Gasteiger partial charge in [0, 0.05) is 6.54 Å². The molecule has 1 aliphatic heterocycles. The van der Waals surface area contributed by atoms with E-state index >= 15 is 0 Å². The third-order valence-electron chi connectivity index (χ3n) is 3.40. The van der Waals surface area contributed by atoms with E-state index in [9.17, 15) is 14.9 Å². The number of nitro benzene ring substituents is 1. The molecule has 1 aliphatic rings. The molecule has 2 N–H and O–H groups in total. The Morgan fingerprint density at radius 3 is 3.00 bits per heavy atom. The summed E-state index contributed by atoms with van der Waals surface area (Å²) in [5.74, 6) is 0.0842. The maximum absolute atomic E-state index is 12.1. The number of carbonyl (C=O) groups excluding carboxylic acids is 1. The van der Waals surface area contributed by atoms with Crippen LogP contribution in [0.2, 0.25) is 0 Å². The average Bonchev–Trinajstić information content (AvgIpc) is 2.49. The molecule has 0 spiro atoms. The lowest BCUT2D eigenvalue weighted by Crippen LogP contribution is -2.37. The Labute approximate surface area is 122 Å². The van der Waals surface area contributed by atoms with E-state index in [-0.39, 0.29) is 23.2 Å². The van der Waals surface area contributed by atoms with Crippen LogP contribution in [0.3, 0.4) is 0 Å². The van der Waals surface area contributed by atoms with E-state index in [1.54, 1.807) is 13.0 Å². The monoisotopic (exact) mass is 293 g/mol. The van der Waals surface area contributed by atoms with E-state index in [1.807, 2.05) is 0 Å². The van der Waals surface area contributed by atoms with Crippen LogP contribution in [0, 0.1) is 16.0 Å². The van der Waals surface area contributed by atoms with Gasteiger partial charge in [0.15, 0.2) is 0 Å². The first-order valence-electron chi connectivity index (χ1n) is 7.04. The van der Waals surface area contributed by atoms with Gasteiger partial charge in [0.25, 0.3) is 5.69 Å². The molecular weight excluding hydrogens is 274 g/mol. The van der Waals surface area contributed by atoms with Gasteiger partial charge < -0.3 is 15.4 Å². The maximum atomic E-state index is 12.1. The topological polar surface area (TPSA) is 93.5 Å². The highest BCUT2D eigenvalue weighted by molar-refractivity contribution is 5.95. The average molecular weight is 293 g/mol. The fourth-order valence-electron chi connectivity index (χ4n) is 2.34. The summed E-state index contributed by atoms with van der Waals surface area (Å²) in [6.07, 6.45) is 1.73. The Kier molecular flexibility index (Phi) is 5.10. The normalized spacial score (nSPS) is 18.0. The van der Waals surface area contributed by atoms with Gasteiger partial charge in [0.05, 0.1) is 23.5 Å². The molecule has 1 atom stereocenters. The number of rotatable bonds is 5. The second-order valence-electron chi connectivity index (χ2n) is 4.90. The second-order valence-corrected chi connectivity index (χ2v) is 4.90. The van der Waals surface area contributed by atoms with E-state index in [0.717, 1.165) is 19.4 Å². The van der Waals surface area contributed by atoms with Crippen LogP contribution < -0.4 is 15.4 Å². The van der Waals surface area contributed by atoms with Crippen molar-refractivity contribution in [2.45, 2.75) is 19.8 Å². The van der Waals surface area contributed by atoms with Gasteiger partial charge in [-0.3, -0.25) is 14.9 Å². The number of hydrogen-bond donors (Lipinski definition) is 2. The Bertz CT molecular complexity index is 527. The Hall–Kier alpha value is -2.15. The van der Waals surface area contributed by atoms with E-state index in [2.05, 4.69) is 10.6 Å². The molecule has 1 aromatic carbocycles. The second kappa shape index (κ2) is 7.03. The molecule has 1 unspecified atom stereocenters. The predicted octanol–water partition coefficient (Wildman–Crippen LogP) is 1.93. The van der Waals surface area contributed by atoms with Crippen LogP contribution in [0.15, 0.2) is 18.2 Å². The van der Waals surface area contributed by atoms with Crippen molar-refractivity contribution in [3.8, 4) is 5.75 Å². The summed E-state index contributed by atoms with van der Waals surface area (Å²) in [5.41, 5.74) is 0.0529. The molecule has 0 bridgehead atoms. The zero-order valence-corrected chi connectivity index (χ0v) is 11.9. The summed E-state index contributed by atoms with van der Waals surface area (Å²) in [4.78, 5) is 22.8. The highest BCUT2D eigenvalue weighted by atomic mass is 16.6. The SMILES string of the molecule is CCOc1ccc(NC(=O)C2CCCNC2)c([N+](=O)[O-])c1. The van der Waals surface area contributed by atoms with Gasteiger partial charge in [-0.2, -0.15) is 0 Å². The summed E-state index contributed by atoms with van der Waals surface area (Å²) < 4.78 is 5.25. The molecule has 1 aromatic rings. The van der Waals surface area contributed by atoms with Crippen LogP contribution in [0.4, 0.5) is 11.4 Å². The van der Waals surface area contributed by atoms with Crippen molar-refractivity contribution >= 4 is 17.3 Å². The van der Waals surface area contributed by atoms with Crippen LogP contribution in [0.5, 0.6) is 5.75 Å². The summed E-state index contributed by atoms with van der Waals surface area (Å²) in [7, 11) is 0. The summed E-state index contributed by atoms with van der Waals surface area (Å²) in [6, 6.07) is 4.46.